The zero-order valence-electron chi connectivity index (χ0n) is 14.3. The van der Waals surface area contributed by atoms with Gasteiger partial charge in [-0.3, -0.25) is 4.79 Å². The highest BCUT2D eigenvalue weighted by atomic mass is 19.1. The lowest BCUT2D eigenvalue weighted by atomic mass is 9.93. The fraction of sp³-hybridized carbons (Fsp3) is 0.316. The SMILES string of the molecule is CC(=O)/C(=C\c1cnc(NC2CCC2)nc1C)Oc1ccccc1F. The average molecular weight is 341 g/mol. The second-order valence-corrected chi connectivity index (χ2v) is 6.10. The third kappa shape index (κ3) is 4.21. The maximum absolute atomic E-state index is 13.7. The van der Waals surface area contributed by atoms with Gasteiger partial charge in [-0.2, -0.15) is 0 Å². The van der Waals surface area contributed by atoms with E-state index in [4.69, 9.17) is 4.74 Å². The summed E-state index contributed by atoms with van der Waals surface area (Å²) in [5, 5.41) is 3.28. The number of para-hydroxylation sites is 1. The predicted octanol–water partition coefficient (Wildman–Crippen LogP) is 3.90. The van der Waals surface area contributed by atoms with E-state index in [0.717, 1.165) is 12.8 Å². The van der Waals surface area contributed by atoms with E-state index in [1.165, 1.54) is 31.6 Å². The van der Waals surface area contributed by atoms with Crippen molar-refractivity contribution >= 4 is 17.8 Å². The van der Waals surface area contributed by atoms with E-state index in [1.807, 2.05) is 6.92 Å². The first-order chi connectivity index (χ1) is 12.0. The Morgan fingerprint density at radius 2 is 2.12 bits per heavy atom. The lowest BCUT2D eigenvalue weighted by Gasteiger charge is -2.26. The van der Waals surface area contributed by atoms with Crippen LogP contribution in [0.5, 0.6) is 5.75 Å². The van der Waals surface area contributed by atoms with Crippen LogP contribution in [0.15, 0.2) is 36.2 Å². The molecule has 1 N–H and O–H groups in total. The molecular formula is C19H20FN3O2. The molecule has 0 aliphatic heterocycles. The number of rotatable bonds is 6. The standard InChI is InChI=1S/C19H20FN3O2/c1-12-14(11-21-19(22-12)23-15-6-5-7-15)10-18(13(2)24)25-17-9-4-3-8-16(17)20/h3-4,8-11,15H,5-7H2,1-2H3,(H,21,22,23)/b18-10+. The second-order valence-electron chi connectivity index (χ2n) is 6.10. The molecule has 1 aliphatic carbocycles. The van der Waals surface area contributed by atoms with Gasteiger partial charge in [0, 0.05) is 24.7 Å². The number of nitrogens with zero attached hydrogens (tertiary/aromatic N) is 2. The van der Waals surface area contributed by atoms with E-state index < -0.39 is 5.82 Å². The molecule has 5 nitrogen and oxygen atoms in total. The van der Waals surface area contributed by atoms with Crippen LogP contribution in [0.1, 0.15) is 37.4 Å². The van der Waals surface area contributed by atoms with E-state index in [1.54, 1.807) is 18.3 Å². The monoisotopic (exact) mass is 341 g/mol. The molecule has 0 bridgehead atoms. The zero-order chi connectivity index (χ0) is 17.8. The van der Waals surface area contributed by atoms with E-state index in [2.05, 4.69) is 15.3 Å². The van der Waals surface area contributed by atoms with Crippen LogP contribution in [0.2, 0.25) is 0 Å². The summed E-state index contributed by atoms with van der Waals surface area (Å²) in [6, 6.07) is 6.40. The summed E-state index contributed by atoms with van der Waals surface area (Å²) < 4.78 is 19.2. The lowest BCUT2D eigenvalue weighted by Crippen LogP contribution is -2.28. The number of carbonyl (C=O) groups is 1. The Kier molecular flexibility index (Phi) is 5.07. The predicted molar refractivity (Wildman–Crippen MR) is 93.7 cm³/mol. The Labute approximate surface area is 146 Å². The van der Waals surface area contributed by atoms with Gasteiger partial charge in [0.25, 0.3) is 0 Å². The van der Waals surface area contributed by atoms with Gasteiger partial charge in [-0.25, -0.2) is 14.4 Å². The molecule has 1 aromatic carbocycles. The molecule has 1 saturated carbocycles. The van der Waals surface area contributed by atoms with Crippen molar-refractivity contribution < 1.29 is 13.9 Å². The summed E-state index contributed by atoms with van der Waals surface area (Å²) >= 11 is 0. The van der Waals surface area contributed by atoms with Crippen LogP contribution < -0.4 is 10.1 Å². The van der Waals surface area contributed by atoms with Gasteiger partial charge in [0.15, 0.2) is 23.1 Å². The topological polar surface area (TPSA) is 64.1 Å². The van der Waals surface area contributed by atoms with Gasteiger partial charge < -0.3 is 10.1 Å². The third-order valence-electron chi connectivity index (χ3n) is 4.15. The van der Waals surface area contributed by atoms with Crippen LogP contribution in [0.25, 0.3) is 6.08 Å². The van der Waals surface area contributed by atoms with Crippen molar-refractivity contribution in [3.8, 4) is 5.75 Å². The molecule has 0 saturated heterocycles. The number of aromatic nitrogens is 2. The number of aryl methyl sites for hydroxylation is 1. The Morgan fingerprint density at radius 1 is 1.36 bits per heavy atom. The number of carbonyl (C=O) groups excluding carboxylic acids is 1. The number of Topliss-reactive ketones (excluding diaryl/α,β-unsaturated/α-hetero) is 1. The lowest BCUT2D eigenvalue weighted by molar-refractivity contribution is -0.115. The fourth-order valence-corrected chi connectivity index (χ4v) is 2.41. The molecule has 1 heterocycles. The molecule has 6 heteroatoms. The zero-order valence-corrected chi connectivity index (χ0v) is 14.3. The number of ether oxygens (including phenoxy) is 1. The van der Waals surface area contributed by atoms with E-state index >= 15 is 0 Å². The molecule has 1 aromatic heterocycles. The maximum Gasteiger partial charge on any atom is 0.223 e. The van der Waals surface area contributed by atoms with Gasteiger partial charge in [-0.05, 0) is 44.4 Å². The highest BCUT2D eigenvalue weighted by molar-refractivity contribution is 5.96. The quantitative estimate of drug-likeness (QED) is 0.638. The van der Waals surface area contributed by atoms with Crippen molar-refractivity contribution in [2.75, 3.05) is 5.32 Å². The van der Waals surface area contributed by atoms with Gasteiger partial charge in [-0.1, -0.05) is 12.1 Å². The minimum atomic E-state index is -0.525. The molecule has 130 valence electrons. The van der Waals surface area contributed by atoms with Crippen molar-refractivity contribution in [3.05, 3.63) is 53.3 Å². The van der Waals surface area contributed by atoms with E-state index in [-0.39, 0.29) is 17.3 Å². The van der Waals surface area contributed by atoms with Crippen molar-refractivity contribution in [3.63, 3.8) is 0 Å². The van der Waals surface area contributed by atoms with Crippen LogP contribution in [0, 0.1) is 12.7 Å². The average Bonchev–Trinajstić information content (AvgIpc) is 2.54. The highest BCUT2D eigenvalue weighted by Crippen LogP contribution is 2.23. The van der Waals surface area contributed by atoms with E-state index in [0.29, 0.717) is 23.2 Å². The number of allylic oxidation sites excluding steroid dienone is 1. The number of halogens is 1. The number of hydrogen-bond donors (Lipinski definition) is 1. The molecule has 25 heavy (non-hydrogen) atoms. The minimum Gasteiger partial charge on any atom is -0.451 e. The van der Waals surface area contributed by atoms with Crippen molar-refractivity contribution in [2.24, 2.45) is 0 Å². The summed E-state index contributed by atoms with van der Waals surface area (Å²) in [5.41, 5.74) is 1.37. The minimum absolute atomic E-state index is 0.00536. The smallest absolute Gasteiger partial charge is 0.223 e. The molecule has 0 spiro atoms. The number of hydrogen-bond acceptors (Lipinski definition) is 5. The molecule has 0 amide bonds. The first kappa shape index (κ1) is 17.1. The normalized spacial score (nSPS) is 14.8. The first-order valence-electron chi connectivity index (χ1n) is 8.28. The maximum atomic E-state index is 13.7. The molecule has 0 atom stereocenters. The van der Waals surface area contributed by atoms with E-state index in [9.17, 15) is 9.18 Å². The van der Waals surface area contributed by atoms with Crippen LogP contribution in [-0.2, 0) is 4.79 Å². The van der Waals surface area contributed by atoms with Gasteiger partial charge in [-0.15, -0.1) is 0 Å². The van der Waals surface area contributed by atoms with Crippen LogP contribution in [0.4, 0.5) is 10.3 Å². The van der Waals surface area contributed by atoms with Crippen molar-refractivity contribution in [1.29, 1.82) is 0 Å². The summed E-state index contributed by atoms with van der Waals surface area (Å²) in [5.74, 6) is -0.206. The number of ketones is 1. The Balaban J connectivity index is 1.82. The molecule has 2 aromatic rings. The molecule has 3 rings (SSSR count). The van der Waals surface area contributed by atoms with Gasteiger partial charge in [0.05, 0.1) is 5.69 Å². The molecule has 0 radical (unpaired) electrons. The van der Waals surface area contributed by atoms with Crippen molar-refractivity contribution in [1.82, 2.24) is 9.97 Å². The molecule has 1 aliphatic rings. The second kappa shape index (κ2) is 7.42. The van der Waals surface area contributed by atoms with Gasteiger partial charge in [0.2, 0.25) is 5.95 Å². The van der Waals surface area contributed by atoms with Crippen LogP contribution >= 0.6 is 0 Å². The molecule has 1 fully saturated rings. The number of anilines is 1. The summed E-state index contributed by atoms with van der Waals surface area (Å²) in [6.45, 7) is 3.20. The summed E-state index contributed by atoms with van der Waals surface area (Å²) in [7, 11) is 0. The van der Waals surface area contributed by atoms with Gasteiger partial charge in [0.1, 0.15) is 0 Å². The molecular weight excluding hydrogens is 321 g/mol. The largest absolute Gasteiger partial charge is 0.451 e. The number of benzene rings is 1. The van der Waals surface area contributed by atoms with Crippen LogP contribution in [0.3, 0.4) is 0 Å². The first-order valence-corrected chi connectivity index (χ1v) is 8.28. The van der Waals surface area contributed by atoms with Gasteiger partial charge >= 0.3 is 0 Å². The Hall–Kier alpha value is -2.76. The Morgan fingerprint density at radius 3 is 2.72 bits per heavy atom. The third-order valence-corrected chi connectivity index (χ3v) is 4.15. The summed E-state index contributed by atoms with van der Waals surface area (Å²) in [4.78, 5) is 20.6. The van der Waals surface area contributed by atoms with Crippen LogP contribution in [-0.4, -0.2) is 21.8 Å². The Bertz CT molecular complexity index is 816. The fourth-order valence-electron chi connectivity index (χ4n) is 2.41. The van der Waals surface area contributed by atoms with Crippen molar-refractivity contribution in [2.45, 2.75) is 39.2 Å². The highest BCUT2D eigenvalue weighted by Gasteiger charge is 2.18. The number of nitrogens with one attached hydrogen (secondary N) is 1. The molecule has 0 unspecified atom stereocenters. The summed E-state index contributed by atoms with van der Waals surface area (Å²) in [6.07, 6.45) is 6.67.